The third-order valence-corrected chi connectivity index (χ3v) is 3.68. The lowest BCUT2D eigenvalue weighted by Gasteiger charge is -2.08. The Bertz CT molecular complexity index is 785. The molecule has 0 saturated heterocycles. The second-order valence-corrected chi connectivity index (χ2v) is 5.37. The topological polar surface area (TPSA) is 34.0 Å². The number of aromatic nitrogens is 1. The van der Waals surface area contributed by atoms with Crippen molar-refractivity contribution in [2.24, 2.45) is 0 Å². The number of fused-ring (bicyclic) bond motifs is 1. The van der Waals surface area contributed by atoms with Gasteiger partial charge in [0, 0.05) is 22.8 Å². The van der Waals surface area contributed by atoms with Gasteiger partial charge < -0.3 is 9.88 Å². The van der Waals surface area contributed by atoms with Crippen molar-refractivity contribution in [1.29, 1.82) is 0 Å². The Morgan fingerprint density at radius 3 is 2.57 bits per heavy atom. The van der Waals surface area contributed by atoms with Crippen LogP contribution < -0.4 is 5.32 Å². The first kappa shape index (κ1) is 13.4. The Hall–Kier alpha value is -2.55. The lowest BCUT2D eigenvalue weighted by molar-refractivity contribution is -0.116. The van der Waals surface area contributed by atoms with Crippen LogP contribution in [0, 0.1) is 13.8 Å². The van der Waals surface area contributed by atoms with E-state index in [0.29, 0.717) is 6.54 Å². The lowest BCUT2D eigenvalue weighted by Crippen LogP contribution is -2.18. The molecule has 1 N–H and O–H groups in total. The second-order valence-electron chi connectivity index (χ2n) is 5.37. The van der Waals surface area contributed by atoms with Gasteiger partial charge in [0.1, 0.15) is 6.54 Å². The standard InChI is InChI=1S/C18H18N2O/c1-13-6-8-15(9-7-13)19-18(21)12-20-11-10-16-14(2)4-3-5-17(16)20/h3-11H,12H2,1-2H3,(H,19,21). The summed E-state index contributed by atoms with van der Waals surface area (Å²) in [5, 5.41) is 4.12. The highest BCUT2D eigenvalue weighted by molar-refractivity contribution is 5.92. The van der Waals surface area contributed by atoms with E-state index in [4.69, 9.17) is 0 Å². The van der Waals surface area contributed by atoms with Crippen LogP contribution in [-0.4, -0.2) is 10.5 Å². The monoisotopic (exact) mass is 278 g/mol. The molecule has 3 aromatic rings. The molecular formula is C18H18N2O. The van der Waals surface area contributed by atoms with Gasteiger partial charge in [0.2, 0.25) is 5.91 Å². The highest BCUT2D eigenvalue weighted by atomic mass is 16.1. The van der Waals surface area contributed by atoms with Crippen LogP contribution in [0.3, 0.4) is 0 Å². The maximum absolute atomic E-state index is 12.2. The number of nitrogens with zero attached hydrogens (tertiary/aromatic N) is 1. The molecule has 1 heterocycles. The molecule has 0 aliphatic rings. The van der Waals surface area contributed by atoms with Gasteiger partial charge in [0.15, 0.2) is 0 Å². The third kappa shape index (κ3) is 2.82. The maximum atomic E-state index is 12.2. The van der Waals surface area contributed by atoms with Crippen molar-refractivity contribution in [3.8, 4) is 0 Å². The molecule has 1 aromatic heterocycles. The smallest absolute Gasteiger partial charge is 0.244 e. The number of carbonyl (C=O) groups excluding carboxylic acids is 1. The van der Waals surface area contributed by atoms with Gasteiger partial charge in [-0.1, -0.05) is 29.8 Å². The van der Waals surface area contributed by atoms with Gasteiger partial charge in [-0.3, -0.25) is 4.79 Å². The minimum atomic E-state index is -0.0159. The van der Waals surface area contributed by atoms with E-state index in [-0.39, 0.29) is 5.91 Å². The van der Waals surface area contributed by atoms with Gasteiger partial charge in [-0.05, 0) is 43.7 Å². The molecule has 1 amide bonds. The summed E-state index contributed by atoms with van der Waals surface area (Å²) in [7, 11) is 0. The number of benzene rings is 2. The number of rotatable bonds is 3. The molecule has 3 rings (SSSR count). The normalized spacial score (nSPS) is 10.8. The predicted octanol–water partition coefficient (Wildman–Crippen LogP) is 3.90. The van der Waals surface area contributed by atoms with E-state index in [1.54, 1.807) is 0 Å². The lowest BCUT2D eigenvalue weighted by atomic mass is 10.1. The van der Waals surface area contributed by atoms with E-state index in [0.717, 1.165) is 11.2 Å². The van der Waals surface area contributed by atoms with Crippen LogP contribution in [-0.2, 0) is 11.3 Å². The number of carbonyl (C=O) groups is 1. The molecule has 21 heavy (non-hydrogen) atoms. The Morgan fingerprint density at radius 1 is 1.05 bits per heavy atom. The van der Waals surface area contributed by atoms with Gasteiger partial charge in [-0.2, -0.15) is 0 Å². The molecule has 0 fully saturated rings. The molecular weight excluding hydrogens is 260 g/mol. The van der Waals surface area contributed by atoms with Crippen LogP contribution in [0.5, 0.6) is 0 Å². The molecule has 0 saturated carbocycles. The van der Waals surface area contributed by atoms with Crippen LogP contribution in [0.15, 0.2) is 54.7 Å². The van der Waals surface area contributed by atoms with Gasteiger partial charge in [-0.25, -0.2) is 0 Å². The summed E-state index contributed by atoms with van der Waals surface area (Å²) < 4.78 is 1.98. The zero-order chi connectivity index (χ0) is 14.8. The number of amides is 1. The largest absolute Gasteiger partial charge is 0.338 e. The number of hydrogen-bond donors (Lipinski definition) is 1. The molecule has 2 aromatic carbocycles. The fourth-order valence-corrected chi connectivity index (χ4v) is 2.51. The van der Waals surface area contributed by atoms with Crippen molar-refractivity contribution in [2.75, 3.05) is 5.32 Å². The average molecular weight is 278 g/mol. The van der Waals surface area contributed by atoms with Crippen LogP contribution >= 0.6 is 0 Å². The summed E-state index contributed by atoms with van der Waals surface area (Å²) in [6, 6.07) is 16.0. The molecule has 0 aliphatic carbocycles. The molecule has 0 radical (unpaired) electrons. The van der Waals surface area contributed by atoms with Crippen LogP contribution in [0.2, 0.25) is 0 Å². The SMILES string of the molecule is Cc1ccc(NC(=O)Cn2ccc3c(C)cccc32)cc1. The van der Waals surface area contributed by atoms with E-state index in [1.807, 2.05) is 54.1 Å². The van der Waals surface area contributed by atoms with E-state index in [2.05, 4.69) is 24.4 Å². The average Bonchev–Trinajstić information content (AvgIpc) is 2.86. The maximum Gasteiger partial charge on any atom is 0.244 e. The molecule has 0 bridgehead atoms. The second kappa shape index (κ2) is 5.44. The summed E-state index contributed by atoms with van der Waals surface area (Å²) in [4.78, 5) is 12.2. The summed E-state index contributed by atoms with van der Waals surface area (Å²) in [5.41, 5.74) is 4.33. The van der Waals surface area contributed by atoms with E-state index < -0.39 is 0 Å². The summed E-state index contributed by atoms with van der Waals surface area (Å²) in [5.74, 6) is -0.0159. The molecule has 3 nitrogen and oxygen atoms in total. The van der Waals surface area contributed by atoms with Crippen LogP contribution in [0.1, 0.15) is 11.1 Å². The third-order valence-electron chi connectivity index (χ3n) is 3.68. The molecule has 106 valence electrons. The number of anilines is 1. The minimum absolute atomic E-state index is 0.0159. The quantitative estimate of drug-likeness (QED) is 0.774. The zero-order valence-electron chi connectivity index (χ0n) is 12.3. The molecule has 0 spiro atoms. The molecule has 0 aliphatic heterocycles. The summed E-state index contributed by atoms with van der Waals surface area (Å²) in [6.45, 7) is 4.43. The number of aryl methyl sites for hydroxylation is 2. The van der Waals surface area contributed by atoms with Crippen LogP contribution in [0.4, 0.5) is 5.69 Å². The summed E-state index contributed by atoms with van der Waals surface area (Å²) >= 11 is 0. The van der Waals surface area contributed by atoms with Crippen molar-refractivity contribution in [1.82, 2.24) is 4.57 Å². The molecule has 0 atom stereocenters. The van der Waals surface area contributed by atoms with Gasteiger partial charge >= 0.3 is 0 Å². The molecule has 3 heteroatoms. The fraction of sp³-hybridized carbons (Fsp3) is 0.167. The number of nitrogens with one attached hydrogen (secondary N) is 1. The van der Waals surface area contributed by atoms with Crippen molar-refractivity contribution in [3.05, 3.63) is 65.9 Å². The summed E-state index contributed by atoms with van der Waals surface area (Å²) in [6.07, 6.45) is 1.96. The molecule has 0 unspecified atom stereocenters. The highest BCUT2D eigenvalue weighted by Gasteiger charge is 2.07. The van der Waals surface area contributed by atoms with Gasteiger partial charge in [-0.15, -0.1) is 0 Å². The van der Waals surface area contributed by atoms with E-state index in [9.17, 15) is 4.79 Å². The van der Waals surface area contributed by atoms with Crippen molar-refractivity contribution in [2.45, 2.75) is 20.4 Å². The first-order valence-electron chi connectivity index (χ1n) is 7.04. The Morgan fingerprint density at radius 2 is 1.81 bits per heavy atom. The first-order valence-corrected chi connectivity index (χ1v) is 7.04. The van der Waals surface area contributed by atoms with E-state index >= 15 is 0 Å². The fourth-order valence-electron chi connectivity index (χ4n) is 2.51. The minimum Gasteiger partial charge on any atom is -0.338 e. The Balaban J connectivity index is 1.77. The highest BCUT2D eigenvalue weighted by Crippen LogP contribution is 2.19. The van der Waals surface area contributed by atoms with Crippen molar-refractivity contribution >= 4 is 22.5 Å². The van der Waals surface area contributed by atoms with Crippen molar-refractivity contribution < 1.29 is 4.79 Å². The van der Waals surface area contributed by atoms with Crippen LogP contribution in [0.25, 0.3) is 10.9 Å². The Labute approximate surface area is 124 Å². The van der Waals surface area contributed by atoms with Gasteiger partial charge in [0.25, 0.3) is 0 Å². The predicted molar refractivity (Wildman–Crippen MR) is 86.5 cm³/mol. The van der Waals surface area contributed by atoms with E-state index in [1.165, 1.54) is 16.5 Å². The van der Waals surface area contributed by atoms with Crippen molar-refractivity contribution in [3.63, 3.8) is 0 Å². The Kier molecular flexibility index (Phi) is 3.48. The zero-order valence-corrected chi connectivity index (χ0v) is 12.3. The number of hydrogen-bond acceptors (Lipinski definition) is 1. The first-order chi connectivity index (χ1) is 10.1. The van der Waals surface area contributed by atoms with Gasteiger partial charge in [0.05, 0.1) is 0 Å².